The number of benzene rings is 4. The summed E-state index contributed by atoms with van der Waals surface area (Å²) in [6.45, 7) is 3.43. The van der Waals surface area contributed by atoms with Crippen molar-refractivity contribution >= 4 is 43.8 Å². The number of aliphatic hydroxyl groups is 1. The second kappa shape index (κ2) is 24.5. The number of alkyl carbamates (subject to hydrolysis) is 1. The van der Waals surface area contributed by atoms with Crippen molar-refractivity contribution in [3.8, 4) is 0 Å². The highest BCUT2D eigenvalue weighted by molar-refractivity contribution is 7.46. The van der Waals surface area contributed by atoms with Crippen LogP contribution in [-0.4, -0.2) is 137 Å². The largest absolute Gasteiger partial charge is 0.480 e. The molecule has 0 saturated carbocycles. The molecule has 380 valence electrons. The van der Waals surface area contributed by atoms with Crippen molar-refractivity contribution < 1.29 is 100 Å². The molecule has 23 heteroatoms. The molecule has 2 saturated heterocycles. The third-order valence-electron chi connectivity index (χ3n) is 10.8. The second-order valence-corrected chi connectivity index (χ2v) is 17.6. The van der Waals surface area contributed by atoms with Crippen LogP contribution < -0.4 is 5.32 Å². The minimum atomic E-state index is -5.59. The van der Waals surface area contributed by atoms with E-state index in [1.165, 1.54) is 36.4 Å². The smallest absolute Gasteiger partial charge is 0.470 e. The summed E-state index contributed by atoms with van der Waals surface area (Å²) < 4.78 is 69.9. The third kappa shape index (κ3) is 15.2. The second-order valence-electron chi connectivity index (χ2n) is 16.4. The fourth-order valence-electron chi connectivity index (χ4n) is 7.23. The highest BCUT2D eigenvalue weighted by Crippen LogP contribution is 2.43. The van der Waals surface area contributed by atoms with Gasteiger partial charge in [-0.2, -0.15) is 0 Å². The number of phosphoric ester groups is 1. The molecule has 0 aromatic heterocycles. The maximum Gasteiger partial charge on any atom is 0.470 e. The number of nitrogens with one attached hydrogen (secondary N) is 1. The van der Waals surface area contributed by atoms with Crippen LogP contribution >= 0.6 is 7.82 Å². The van der Waals surface area contributed by atoms with Crippen LogP contribution in [0, 0.1) is 20.8 Å². The van der Waals surface area contributed by atoms with Crippen LogP contribution in [0.1, 0.15) is 60.3 Å². The minimum Gasteiger partial charge on any atom is -0.480 e. The maximum absolute atomic E-state index is 14.0. The fourth-order valence-corrected chi connectivity index (χ4v) is 7.77. The Hall–Kier alpha value is -6.59. The highest BCUT2D eigenvalue weighted by Gasteiger charge is 2.56. The van der Waals surface area contributed by atoms with Crippen molar-refractivity contribution in [1.29, 1.82) is 0 Å². The monoisotopic (exact) mass is 1010 g/mol. The number of esters is 4. The first-order valence-electron chi connectivity index (χ1n) is 21.9. The standard InChI is InChI=1S/C48H52NO21P/c1-26-10-16-31(17-11-26)43(54)67-37-35(22-50)65-47(40(69-45(56)33-20-14-28(3)15-21-33)39(37)68-44(55)32-18-12-27(2)13-19-32)66-36-25-62-46(41(70-71(58,59)60)38(36)64-29(4)51)61-24-34(42(52)53)49-48(57)63-23-30-8-6-5-7-9-30/h5-21,34-41,46-47,50H,22-25H2,1-4H3,(H,49,57)(H,52,53)(H2,58,59,60)/t34-,35+,36+,37-,38-,39-,40+,41+,46+,47-/m0/s1. The number of aliphatic carboxylic acids is 1. The normalized spacial score (nSPS) is 23.6. The zero-order chi connectivity index (χ0) is 51.4. The Morgan fingerprint density at radius 1 is 0.676 bits per heavy atom. The van der Waals surface area contributed by atoms with Crippen LogP contribution in [0.2, 0.25) is 0 Å². The van der Waals surface area contributed by atoms with E-state index in [0.717, 1.165) is 23.6 Å². The van der Waals surface area contributed by atoms with Gasteiger partial charge in [0.05, 0.1) is 36.5 Å². The average molecular weight is 1010 g/mol. The number of amides is 1. The lowest BCUT2D eigenvalue weighted by Crippen LogP contribution is -2.65. The van der Waals surface area contributed by atoms with Crippen molar-refractivity contribution in [2.45, 2.75) is 95.7 Å². The lowest BCUT2D eigenvalue weighted by Gasteiger charge is -2.47. The van der Waals surface area contributed by atoms with Crippen LogP contribution in [0.15, 0.2) is 103 Å². The van der Waals surface area contributed by atoms with E-state index < -0.39 is 125 Å². The van der Waals surface area contributed by atoms with Crippen molar-refractivity contribution in [1.82, 2.24) is 5.32 Å². The molecule has 0 unspecified atom stereocenters. The molecule has 2 heterocycles. The van der Waals surface area contributed by atoms with Crippen LogP contribution in [-0.2, 0) is 67.9 Å². The third-order valence-corrected chi connectivity index (χ3v) is 11.4. The topological polar surface area (TPSA) is 305 Å². The van der Waals surface area contributed by atoms with E-state index in [0.29, 0.717) is 5.56 Å². The molecular formula is C48H52NO21P. The molecule has 0 bridgehead atoms. The molecule has 5 N–H and O–H groups in total. The Morgan fingerprint density at radius 2 is 1.18 bits per heavy atom. The number of phosphoric acid groups is 1. The molecule has 22 nitrogen and oxygen atoms in total. The fraction of sp³-hybridized carbons (Fsp3) is 0.375. The molecular weight excluding hydrogens is 957 g/mol. The first-order chi connectivity index (χ1) is 33.8. The number of carbonyl (C=O) groups is 6. The van der Waals surface area contributed by atoms with Gasteiger partial charge in [-0.1, -0.05) is 83.4 Å². The summed E-state index contributed by atoms with van der Waals surface area (Å²) in [5.74, 6) is -5.69. The summed E-state index contributed by atoms with van der Waals surface area (Å²) in [6.07, 6.45) is -18.1. The molecule has 1 amide bonds. The number of carboxylic acid groups (broad SMARTS) is 1. The van der Waals surface area contributed by atoms with Crippen LogP contribution in [0.5, 0.6) is 0 Å². The predicted octanol–water partition coefficient (Wildman–Crippen LogP) is 3.85. The van der Waals surface area contributed by atoms with Gasteiger partial charge in [0.1, 0.15) is 18.8 Å². The summed E-state index contributed by atoms with van der Waals surface area (Å²) in [5, 5.41) is 22.8. The number of hydrogen-bond acceptors (Lipinski definition) is 18. The Morgan fingerprint density at radius 3 is 1.66 bits per heavy atom. The van der Waals surface area contributed by atoms with Gasteiger partial charge in [0, 0.05) is 6.92 Å². The van der Waals surface area contributed by atoms with Crippen molar-refractivity contribution in [2.75, 3.05) is 19.8 Å². The van der Waals surface area contributed by atoms with E-state index >= 15 is 0 Å². The van der Waals surface area contributed by atoms with Gasteiger partial charge < -0.3 is 67.9 Å². The number of hydrogen-bond donors (Lipinski definition) is 5. The van der Waals surface area contributed by atoms with Crippen molar-refractivity contribution in [3.63, 3.8) is 0 Å². The number of ether oxygens (including phenoxy) is 9. The first kappa shape index (κ1) is 53.8. The molecule has 0 aliphatic carbocycles. The predicted molar refractivity (Wildman–Crippen MR) is 241 cm³/mol. The first-order valence-corrected chi connectivity index (χ1v) is 23.4. The Bertz CT molecular complexity index is 2520. The summed E-state index contributed by atoms with van der Waals surface area (Å²) in [4.78, 5) is 99.4. The molecule has 2 aliphatic rings. The van der Waals surface area contributed by atoms with Crippen molar-refractivity contribution in [3.05, 3.63) is 142 Å². The Kier molecular flexibility index (Phi) is 18.5. The van der Waals surface area contributed by atoms with E-state index in [1.807, 2.05) is 0 Å². The SMILES string of the molecule is CC(=O)O[C@@H]1[C@@H](OP(=O)(O)O)[C@H](OC[C@H](NC(=O)OCc2ccccc2)C(=O)O)OC[C@H]1O[C@@H]1O[C@H](CO)[C@H](OC(=O)c2ccc(C)cc2)[C@H](OC(=O)c2ccc(C)cc2)[C@H]1OC(=O)c1ccc(C)cc1. The summed E-state index contributed by atoms with van der Waals surface area (Å²) in [7, 11) is -5.59. The summed E-state index contributed by atoms with van der Waals surface area (Å²) in [5.41, 5.74) is 3.02. The zero-order valence-corrected chi connectivity index (χ0v) is 39.5. The zero-order valence-electron chi connectivity index (χ0n) is 38.6. The van der Waals surface area contributed by atoms with Gasteiger partial charge in [-0.15, -0.1) is 0 Å². The maximum atomic E-state index is 14.0. The quantitative estimate of drug-likeness (QED) is 0.0506. The van der Waals surface area contributed by atoms with E-state index in [4.69, 9.17) is 47.2 Å². The van der Waals surface area contributed by atoms with E-state index in [9.17, 15) is 53.3 Å². The summed E-state index contributed by atoms with van der Waals surface area (Å²) >= 11 is 0. The van der Waals surface area contributed by atoms with Crippen molar-refractivity contribution in [2.24, 2.45) is 0 Å². The summed E-state index contributed by atoms with van der Waals surface area (Å²) in [6, 6.07) is 25.0. The molecule has 71 heavy (non-hydrogen) atoms. The van der Waals surface area contributed by atoms with E-state index in [1.54, 1.807) is 87.5 Å². The van der Waals surface area contributed by atoms with E-state index in [-0.39, 0.29) is 23.3 Å². The number of aryl methyl sites for hydroxylation is 3. The number of carboxylic acids is 1. The molecule has 2 aliphatic heterocycles. The number of aliphatic hydroxyl groups excluding tert-OH is 1. The molecule has 10 atom stereocenters. The van der Waals surface area contributed by atoms with Crippen LogP contribution in [0.3, 0.4) is 0 Å². The Balaban J connectivity index is 1.33. The minimum absolute atomic E-state index is 0.0100. The molecule has 2 fully saturated rings. The average Bonchev–Trinajstić information content (AvgIpc) is 3.32. The lowest BCUT2D eigenvalue weighted by atomic mass is 9.97. The molecule has 0 spiro atoms. The highest BCUT2D eigenvalue weighted by atomic mass is 31.2. The number of carbonyl (C=O) groups excluding carboxylic acids is 5. The van der Waals surface area contributed by atoms with Crippen LogP contribution in [0.25, 0.3) is 0 Å². The lowest BCUT2D eigenvalue weighted by molar-refractivity contribution is -0.341. The van der Waals surface area contributed by atoms with Gasteiger partial charge in [0.15, 0.2) is 49.1 Å². The van der Waals surface area contributed by atoms with Gasteiger partial charge in [-0.25, -0.2) is 28.5 Å². The molecule has 6 rings (SSSR count). The molecule has 4 aromatic rings. The van der Waals surface area contributed by atoms with Gasteiger partial charge in [0.2, 0.25) is 0 Å². The van der Waals surface area contributed by atoms with Crippen LogP contribution in [0.4, 0.5) is 4.79 Å². The van der Waals surface area contributed by atoms with Gasteiger partial charge in [-0.05, 0) is 62.7 Å². The molecule has 4 aromatic carbocycles. The Labute approximate surface area is 406 Å². The molecule has 0 radical (unpaired) electrons. The van der Waals surface area contributed by atoms with Gasteiger partial charge in [0.25, 0.3) is 0 Å². The van der Waals surface area contributed by atoms with E-state index in [2.05, 4.69) is 5.32 Å². The van der Waals surface area contributed by atoms with Gasteiger partial charge >= 0.3 is 43.8 Å². The van der Waals surface area contributed by atoms with Gasteiger partial charge in [-0.3, -0.25) is 9.32 Å². The number of rotatable bonds is 19.